The van der Waals surface area contributed by atoms with Gasteiger partial charge in [-0.25, -0.2) is 10.2 Å². The second-order valence-electron chi connectivity index (χ2n) is 8.07. The Hall–Kier alpha value is -4.40. The fourth-order valence-corrected chi connectivity index (χ4v) is 3.51. The molecule has 4 aromatic rings. The molecule has 0 radical (unpaired) electrons. The number of imidazole rings is 1. The van der Waals surface area contributed by atoms with Gasteiger partial charge in [-0.1, -0.05) is 42.5 Å². The van der Waals surface area contributed by atoms with Gasteiger partial charge in [-0.15, -0.1) is 0 Å². The van der Waals surface area contributed by atoms with Crippen molar-refractivity contribution in [2.75, 3.05) is 5.43 Å². The molecule has 0 saturated heterocycles. The lowest BCUT2D eigenvalue weighted by molar-refractivity contribution is 0.306. The first kappa shape index (κ1) is 22.8. The van der Waals surface area contributed by atoms with E-state index in [1.54, 1.807) is 17.8 Å². The summed E-state index contributed by atoms with van der Waals surface area (Å²) in [6.45, 7) is 6.64. The number of hydrogen-bond donors (Lipinski definition) is 1. The van der Waals surface area contributed by atoms with Crippen LogP contribution in [0, 0.1) is 0 Å². The van der Waals surface area contributed by atoms with Gasteiger partial charge in [0.2, 0.25) is 5.95 Å². The second-order valence-corrected chi connectivity index (χ2v) is 8.07. The lowest BCUT2D eigenvalue weighted by Crippen LogP contribution is -2.37. The molecule has 2 heterocycles. The summed E-state index contributed by atoms with van der Waals surface area (Å²) in [5.74, 6) is 1.10. The summed E-state index contributed by atoms with van der Waals surface area (Å²) in [6, 6.07) is 17.5. The normalized spacial score (nSPS) is 11.3. The summed E-state index contributed by atoms with van der Waals surface area (Å²) in [7, 11) is 3.03. The van der Waals surface area contributed by atoms with E-state index in [0.717, 1.165) is 27.0 Å². The van der Waals surface area contributed by atoms with Gasteiger partial charge < -0.3 is 4.74 Å². The maximum Gasteiger partial charge on any atom is 0.332 e. The number of rotatable bonds is 8. The van der Waals surface area contributed by atoms with Crippen molar-refractivity contribution in [2.45, 2.75) is 20.1 Å². The van der Waals surface area contributed by atoms with Crippen LogP contribution in [-0.2, 0) is 27.2 Å². The highest BCUT2D eigenvalue weighted by atomic mass is 16.5. The summed E-state index contributed by atoms with van der Waals surface area (Å²) in [4.78, 5) is 29.5. The van der Waals surface area contributed by atoms with Gasteiger partial charge in [-0.2, -0.15) is 10.1 Å². The first-order chi connectivity index (χ1) is 16.3. The van der Waals surface area contributed by atoms with Crippen LogP contribution in [0.1, 0.15) is 18.1 Å². The number of allylic oxidation sites excluding steroid dienone is 1. The van der Waals surface area contributed by atoms with Crippen LogP contribution in [0.15, 0.2) is 81.4 Å². The summed E-state index contributed by atoms with van der Waals surface area (Å²) in [6.07, 6.45) is 1.64. The highest BCUT2D eigenvalue weighted by molar-refractivity contribution is 5.80. The van der Waals surface area contributed by atoms with Crippen molar-refractivity contribution in [3.63, 3.8) is 0 Å². The van der Waals surface area contributed by atoms with E-state index >= 15 is 0 Å². The molecule has 0 saturated carbocycles. The Morgan fingerprint density at radius 1 is 1.09 bits per heavy atom. The minimum absolute atomic E-state index is 0.284. The number of hydrogen-bond acceptors (Lipinski definition) is 6. The molecule has 9 nitrogen and oxygen atoms in total. The number of aromatic nitrogens is 4. The number of anilines is 1. The van der Waals surface area contributed by atoms with E-state index in [2.05, 4.69) is 22.1 Å². The molecule has 0 fully saturated rings. The monoisotopic (exact) mass is 458 g/mol. The van der Waals surface area contributed by atoms with Crippen LogP contribution in [0.4, 0.5) is 5.95 Å². The van der Waals surface area contributed by atoms with Crippen LogP contribution < -0.4 is 21.4 Å². The third kappa shape index (κ3) is 4.68. The first-order valence-electron chi connectivity index (χ1n) is 10.7. The molecule has 1 N–H and O–H groups in total. The Morgan fingerprint density at radius 3 is 2.47 bits per heavy atom. The molecule has 0 aliphatic carbocycles. The number of ether oxygens (including phenoxy) is 1. The molecule has 0 atom stereocenters. The Labute approximate surface area is 196 Å². The molecular formula is C25H26N6O3. The molecular weight excluding hydrogens is 432 g/mol. The molecule has 174 valence electrons. The van der Waals surface area contributed by atoms with Crippen molar-refractivity contribution in [3.8, 4) is 5.75 Å². The smallest absolute Gasteiger partial charge is 0.332 e. The topological polar surface area (TPSA) is 95.4 Å². The van der Waals surface area contributed by atoms with Crippen molar-refractivity contribution in [1.82, 2.24) is 18.7 Å². The van der Waals surface area contributed by atoms with Gasteiger partial charge in [0.25, 0.3) is 5.56 Å². The molecule has 9 heteroatoms. The zero-order valence-electron chi connectivity index (χ0n) is 19.4. The minimum atomic E-state index is -0.443. The number of nitrogens with zero attached hydrogens (tertiary/aromatic N) is 5. The lowest BCUT2D eigenvalue weighted by Gasteiger charge is -2.08. The fourth-order valence-electron chi connectivity index (χ4n) is 3.51. The highest BCUT2D eigenvalue weighted by Crippen LogP contribution is 2.17. The molecule has 34 heavy (non-hydrogen) atoms. The van der Waals surface area contributed by atoms with Crippen molar-refractivity contribution in [1.29, 1.82) is 0 Å². The van der Waals surface area contributed by atoms with Crippen LogP contribution >= 0.6 is 0 Å². The third-order valence-corrected chi connectivity index (χ3v) is 5.28. The second kappa shape index (κ2) is 9.62. The zero-order valence-corrected chi connectivity index (χ0v) is 19.4. The first-order valence-corrected chi connectivity index (χ1v) is 10.7. The van der Waals surface area contributed by atoms with Crippen molar-refractivity contribution >= 4 is 23.3 Å². The Morgan fingerprint density at radius 2 is 1.79 bits per heavy atom. The molecule has 0 amide bonds. The molecule has 0 aliphatic heterocycles. The minimum Gasteiger partial charge on any atom is -0.489 e. The summed E-state index contributed by atoms with van der Waals surface area (Å²) < 4.78 is 9.89. The van der Waals surface area contributed by atoms with E-state index in [4.69, 9.17) is 4.74 Å². The standard InChI is InChI=1S/C25H26N6O3/c1-17(2)15-31-21-22(29(3)25(33)30(4)23(21)32)27-24(31)28-26-14-18-10-12-20(13-11-18)34-16-19-8-6-5-7-9-19/h5-14H,1,15-16H2,2-4H3,(H,27,28)/b26-14-. The van der Waals surface area contributed by atoms with E-state index in [9.17, 15) is 9.59 Å². The van der Waals surface area contributed by atoms with Crippen LogP contribution in [0.3, 0.4) is 0 Å². The Kier molecular flexibility index (Phi) is 6.44. The van der Waals surface area contributed by atoms with Crippen LogP contribution in [0.2, 0.25) is 0 Å². The van der Waals surface area contributed by atoms with Crippen molar-refractivity contribution in [2.24, 2.45) is 19.2 Å². The Balaban J connectivity index is 1.53. The van der Waals surface area contributed by atoms with Gasteiger partial charge in [0.1, 0.15) is 12.4 Å². The third-order valence-electron chi connectivity index (χ3n) is 5.28. The van der Waals surface area contributed by atoms with E-state index in [-0.39, 0.29) is 5.65 Å². The van der Waals surface area contributed by atoms with E-state index in [0.29, 0.717) is 24.6 Å². The molecule has 2 aromatic heterocycles. The van der Waals surface area contributed by atoms with Gasteiger partial charge in [0.15, 0.2) is 11.2 Å². The van der Waals surface area contributed by atoms with Crippen molar-refractivity contribution in [3.05, 3.63) is 98.7 Å². The molecule has 2 aromatic carbocycles. The van der Waals surface area contributed by atoms with Crippen LogP contribution in [-0.4, -0.2) is 24.9 Å². The molecule has 0 unspecified atom stereocenters. The molecule has 4 rings (SSSR count). The van der Waals surface area contributed by atoms with Gasteiger partial charge >= 0.3 is 5.69 Å². The average Bonchev–Trinajstić information content (AvgIpc) is 3.19. The largest absolute Gasteiger partial charge is 0.489 e. The van der Waals surface area contributed by atoms with Gasteiger partial charge in [0, 0.05) is 20.6 Å². The van der Waals surface area contributed by atoms with E-state index < -0.39 is 11.2 Å². The van der Waals surface area contributed by atoms with Crippen LogP contribution in [0.25, 0.3) is 11.2 Å². The number of benzene rings is 2. The quantitative estimate of drug-likeness (QED) is 0.249. The summed E-state index contributed by atoms with van der Waals surface area (Å²) in [5, 5.41) is 4.28. The lowest BCUT2D eigenvalue weighted by atomic mass is 10.2. The highest BCUT2D eigenvalue weighted by Gasteiger charge is 2.18. The van der Waals surface area contributed by atoms with E-state index in [1.807, 2.05) is 61.5 Å². The molecule has 0 bridgehead atoms. The van der Waals surface area contributed by atoms with Crippen LogP contribution in [0.5, 0.6) is 5.75 Å². The number of nitrogens with one attached hydrogen (secondary N) is 1. The van der Waals surface area contributed by atoms with Gasteiger partial charge in [-0.05, 0) is 42.3 Å². The predicted octanol–water partition coefficient (Wildman–Crippen LogP) is 3.03. The number of hydrazone groups is 1. The summed E-state index contributed by atoms with van der Waals surface area (Å²) >= 11 is 0. The average molecular weight is 459 g/mol. The molecule has 0 aliphatic rings. The number of aryl methyl sites for hydroxylation is 1. The van der Waals surface area contributed by atoms with Gasteiger partial charge in [-0.3, -0.25) is 18.5 Å². The Bertz CT molecular complexity index is 1480. The maximum absolute atomic E-state index is 12.8. The molecule has 0 spiro atoms. The predicted molar refractivity (Wildman–Crippen MR) is 133 cm³/mol. The SMILES string of the molecule is C=C(C)Cn1c(N/N=C\c2ccc(OCc3ccccc3)cc2)nc2c1c(=O)n(C)c(=O)n2C. The van der Waals surface area contributed by atoms with Gasteiger partial charge in [0.05, 0.1) is 6.21 Å². The fraction of sp³-hybridized carbons (Fsp3) is 0.200. The summed E-state index contributed by atoms with van der Waals surface area (Å²) in [5.41, 5.74) is 5.41. The zero-order chi connectivity index (χ0) is 24.2. The van der Waals surface area contributed by atoms with E-state index in [1.165, 1.54) is 11.6 Å². The van der Waals surface area contributed by atoms with Crippen molar-refractivity contribution < 1.29 is 4.74 Å². The maximum atomic E-state index is 12.8. The number of fused-ring (bicyclic) bond motifs is 1.